The van der Waals surface area contributed by atoms with Crippen LogP contribution in [0.3, 0.4) is 0 Å². The van der Waals surface area contributed by atoms with Crippen LogP contribution in [-0.2, 0) is 0 Å². The fraction of sp³-hybridized carbons (Fsp3) is 0. The molecule has 0 aliphatic heterocycles. The van der Waals surface area contributed by atoms with Gasteiger partial charge in [-0.15, -0.1) is 5.10 Å². The van der Waals surface area contributed by atoms with Crippen LogP contribution in [0.25, 0.3) is 11.1 Å². The number of nitrogens with one attached hydrogen (secondary N) is 2. The summed E-state index contributed by atoms with van der Waals surface area (Å²) in [5.74, 6) is 0.347. The molecule has 6 nitrogen and oxygen atoms in total. The number of aromatic nitrogens is 4. The first kappa shape index (κ1) is 10.9. The molecule has 0 bridgehead atoms. The summed E-state index contributed by atoms with van der Waals surface area (Å²) in [6.45, 7) is 0. The zero-order chi connectivity index (χ0) is 13.4. The van der Waals surface area contributed by atoms with Gasteiger partial charge in [0.1, 0.15) is 0 Å². The highest BCUT2D eigenvalue weighted by Crippen LogP contribution is 2.36. The van der Waals surface area contributed by atoms with Gasteiger partial charge in [-0.3, -0.25) is 0 Å². The van der Waals surface area contributed by atoms with Crippen molar-refractivity contribution in [3.8, 4) is 11.1 Å². The van der Waals surface area contributed by atoms with Gasteiger partial charge in [0, 0.05) is 11.1 Å². The molecule has 1 heterocycles. The Morgan fingerprint density at radius 3 is 2.00 bits per heavy atom. The number of hydrazone groups is 1. The van der Waals surface area contributed by atoms with Crippen LogP contribution in [0.15, 0.2) is 53.6 Å². The van der Waals surface area contributed by atoms with Gasteiger partial charge in [-0.2, -0.15) is 10.3 Å². The summed E-state index contributed by atoms with van der Waals surface area (Å²) < 4.78 is 0. The van der Waals surface area contributed by atoms with E-state index in [9.17, 15) is 0 Å². The first-order valence-corrected chi connectivity index (χ1v) is 6.20. The van der Waals surface area contributed by atoms with Crippen molar-refractivity contribution in [2.75, 3.05) is 5.43 Å². The number of nitrogens with zero attached hydrogens (tertiary/aromatic N) is 4. The minimum Gasteiger partial charge on any atom is -0.242 e. The first-order chi connectivity index (χ1) is 9.93. The summed E-state index contributed by atoms with van der Waals surface area (Å²) in [7, 11) is 0. The molecule has 3 aromatic rings. The summed E-state index contributed by atoms with van der Waals surface area (Å²) in [4.78, 5) is 0. The lowest BCUT2D eigenvalue weighted by molar-refractivity contribution is 0.881. The van der Waals surface area contributed by atoms with E-state index in [1.807, 2.05) is 24.3 Å². The lowest BCUT2D eigenvalue weighted by Gasteiger charge is -2.00. The second-order valence-corrected chi connectivity index (χ2v) is 4.40. The lowest BCUT2D eigenvalue weighted by Crippen LogP contribution is -2.03. The Balaban J connectivity index is 1.85. The number of aromatic amines is 1. The van der Waals surface area contributed by atoms with Gasteiger partial charge < -0.3 is 0 Å². The van der Waals surface area contributed by atoms with E-state index in [2.05, 4.69) is 55.4 Å². The molecule has 0 fully saturated rings. The van der Waals surface area contributed by atoms with E-state index in [0.717, 1.165) is 16.8 Å². The first-order valence-electron chi connectivity index (χ1n) is 6.20. The number of fused-ring (bicyclic) bond motifs is 3. The maximum absolute atomic E-state index is 4.43. The molecule has 0 amide bonds. The summed E-state index contributed by atoms with van der Waals surface area (Å²) in [6.07, 6.45) is 0. The van der Waals surface area contributed by atoms with E-state index in [1.54, 1.807) is 0 Å². The molecular formula is C14H10N6. The molecule has 96 valence electrons. The smallest absolute Gasteiger partial charge is 0.242 e. The van der Waals surface area contributed by atoms with E-state index >= 15 is 0 Å². The van der Waals surface area contributed by atoms with Crippen LogP contribution in [0.1, 0.15) is 11.1 Å². The number of tetrazole rings is 1. The van der Waals surface area contributed by atoms with Crippen molar-refractivity contribution in [1.82, 2.24) is 20.6 Å². The molecular weight excluding hydrogens is 252 g/mol. The van der Waals surface area contributed by atoms with Crippen LogP contribution in [0.4, 0.5) is 5.95 Å². The molecule has 1 aromatic heterocycles. The molecule has 0 unspecified atom stereocenters. The highest BCUT2D eigenvalue weighted by molar-refractivity contribution is 6.24. The Morgan fingerprint density at radius 1 is 0.850 bits per heavy atom. The third-order valence-corrected chi connectivity index (χ3v) is 3.27. The Hall–Kier alpha value is -3.02. The van der Waals surface area contributed by atoms with E-state index in [4.69, 9.17) is 0 Å². The number of hydrogen-bond acceptors (Lipinski definition) is 5. The van der Waals surface area contributed by atoms with Crippen LogP contribution in [0, 0.1) is 0 Å². The molecule has 0 saturated carbocycles. The molecule has 4 rings (SSSR count). The van der Waals surface area contributed by atoms with Crippen molar-refractivity contribution >= 4 is 11.7 Å². The molecule has 0 saturated heterocycles. The molecule has 0 spiro atoms. The fourth-order valence-corrected chi connectivity index (χ4v) is 2.43. The normalized spacial score (nSPS) is 11.9. The largest absolute Gasteiger partial charge is 0.283 e. The van der Waals surface area contributed by atoms with Gasteiger partial charge in [0.05, 0.1) is 5.71 Å². The Kier molecular flexibility index (Phi) is 2.32. The number of benzene rings is 2. The summed E-state index contributed by atoms with van der Waals surface area (Å²) >= 11 is 0. The quantitative estimate of drug-likeness (QED) is 0.542. The van der Waals surface area contributed by atoms with Crippen molar-refractivity contribution in [2.45, 2.75) is 0 Å². The maximum atomic E-state index is 4.43. The van der Waals surface area contributed by atoms with E-state index in [1.165, 1.54) is 11.1 Å². The molecule has 0 atom stereocenters. The number of hydrogen-bond donors (Lipinski definition) is 2. The predicted molar refractivity (Wildman–Crippen MR) is 75.3 cm³/mol. The summed E-state index contributed by atoms with van der Waals surface area (Å²) in [5, 5.41) is 17.9. The van der Waals surface area contributed by atoms with Gasteiger partial charge in [0.2, 0.25) is 0 Å². The van der Waals surface area contributed by atoms with Crippen LogP contribution in [0.5, 0.6) is 0 Å². The highest BCUT2D eigenvalue weighted by atomic mass is 15.5. The zero-order valence-electron chi connectivity index (χ0n) is 10.4. The number of H-pyrrole nitrogens is 1. The van der Waals surface area contributed by atoms with Crippen LogP contribution in [-0.4, -0.2) is 26.3 Å². The standard InChI is InChI=1S/C14H10N6/c1-3-7-11-9(5-1)10-6-2-4-8-12(10)13(11)15-16-14-17-19-20-18-14/h1-8H,(H2,16,17,18,19,20). The molecule has 2 aromatic carbocycles. The second-order valence-electron chi connectivity index (χ2n) is 4.40. The third kappa shape index (κ3) is 1.58. The average molecular weight is 262 g/mol. The van der Waals surface area contributed by atoms with Crippen LogP contribution < -0.4 is 5.43 Å². The van der Waals surface area contributed by atoms with E-state index in [0.29, 0.717) is 5.95 Å². The number of anilines is 1. The van der Waals surface area contributed by atoms with Crippen molar-refractivity contribution in [3.05, 3.63) is 59.7 Å². The van der Waals surface area contributed by atoms with Crippen molar-refractivity contribution in [2.24, 2.45) is 5.10 Å². The van der Waals surface area contributed by atoms with Crippen LogP contribution >= 0.6 is 0 Å². The second kappa shape index (κ2) is 4.27. The molecule has 1 aliphatic carbocycles. The van der Waals surface area contributed by atoms with Gasteiger partial charge in [0.25, 0.3) is 5.95 Å². The predicted octanol–water partition coefficient (Wildman–Crippen LogP) is 2.04. The SMILES string of the molecule is c1ccc2c(c1)C(=NNc1nn[nH]n1)c1ccccc1-2. The maximum Gasteiger partial charge on any atom is 0.283 e. The van der Waals surface area contributed by atoms with Crippen molar-refractivity contribution in [1.29, 1.82) is 0 Å². The third-order valence-electron chi connectivity index (χ3n) is 3.27. The summed E-state index contributed by atoms with van der Waals surface area (Å²) in [6, 6.07) is 16.4. The van der Waals surface area contributed by atoms with Gasteiger partial charge in [-0.1, -0.05) is 53.6 Å². The Morgan fingerprint density at radius 2 is 1.45 bits per heavy atom. The van der Waals surface area contributed by atoms with Gasteiger partial charge >= 0.3 is 0 Å². The average Bonchev–Trinajstić information content (AvgIpc) is 3.11. The minimum atomic E-state index is 0.347. The van der Waals surface area contributed by atoms with E-state index in [-0.39, 0.29) is 0 Å². The summed E-state index contributed by atoms with van der Waals surface area (Å²) in [5.41, 5.74) is 8.30. The van der Waals surface area contributed by atoms with E-state index < -0.39 is 0 Å². The van der Waals surface area contributed by atoms with Gasteiger partial charge in [-0.25, -0.2) is 5.43 Å². The zero-order valence-corrected chi connectivity index (χ0v) is 10.4. The number of rotatable bonds is 2. The topological polar surface area (TPSA) is 78.9 Å². The minimum absolute atomic E-state index is 0.347. The molecule has 1 aliphatic rings. The molecule has 0 radical (unpaired) electrons. The Labute approximate surface area is 114 Å². The van der Waals surface area contributed by atoms with Gasteiger partial charge in [0.15, 0.2) is 0 Å². The molecule has 6 heteroatoms. The Bertz CT molecular complexity index is 743. The lowest BCUT2D eigenvalue weighted by atomic mass is 10.1. The van der Waals surface area contributed by atoms with Crippen molar-refractivity contribution < 1.29 is 0 Å². The molecule has 2 N–H and O–H groups in total. The monoisotopic (exact) mass is 262 g/mol. The van der Waals surface area contributed by atoms with Gasteiger partial charge in [-0.05, 0) is 16.3 Å². The fourth-order valence-electron chi connectivity index (χ4n) is 2.43. The van der Waals surface area contributed by atoms with Crippen LogP contribution in [0.2, 0.25) is 0 Å². The highest BCUT2D eigenvalue weighted by Gasteiger charge is 2.23. The van der Waals surface area contributed by atoms with Crippen molar-refractivity contribution in [3.63, 3.8) is 0 Å². The molecule has 20 heavy (non-hydrogen) atoms.